The van der Waals surface area contributed by atoms with Crippen LogP contribution < -0.4 is 11.0 Å². The number of rotatable bonds is 0. The molecule has 1 aromatic heterocycles. The number of benzene rings is 1. The van der Waals surface area contributed by atoms with Crippen LogP contribution in [0, 0.1) is 6.92 Å². The molecule has 2 radical (unpaired) electrons. The van der Waals surface area contributed by atoms with Crippen LogP contribution in [0.3, 0.4) is 0 Å². The smallest absolute Gasteiger partial charge is 0.258 e. The van der Waals surface area contributed by atoms with E-state index in [4.69, 9.17) is 7.85 Å². The first-order valence-corrected chi connectivity index (χ1v) is 5.47. The van der Waals surface area contributed by atoms with E-state index in [1.807, 2.05) is 0 Å². The third-order valence-electron chi connectivity index (χ3n) is 3.23. The van der Waals surface area contributed by atoms with E-state index in [9.17, 15) is 4.79 Å². The molecule has 0 aliphatic heterocycles. The Morgan fingerprint density at radius 3 is 2.94 bits per heavy atom. The first-order valence-electron chi connectivity index (χ1n) is 5.47. The molecule has 1 aliphatic rings. The lowest BCUT2D eigenvalue weighted by Crippen LogP contribution is -2.17. The number of nitrogens with zero attached hydrogens (tertiary/aromatic N) is 1. The fraction of sp³-hybridized carbons (Fsp3) is 0.333. The quantitative estimate of drug-likeness (QED) is 0.644. The van der Waals surface area contributed by atoms with Gasteiger partial charge in [-0.15, -0.1) is 0 Å². The maximum atomic E-state index is 11.8. The minimum Gasteiger partial charge on any atom is -0.310 e. The van der Waals surface area contributed by atoms with E-state index in [1.54, 1.807) is 13.0 Å². The SMILES string of the molecule is [B]c1cc2c(=O)[nH]c(C)nc2c2c1CCC2. The van der Waals surface area contributed by atoms with Gasteiger partial charge in [-0.05, 0) is 37.3 Å². The predicted molar refractivity (Wildman–Crippen MR) is 64.5 cm³/mol. The van der Waals surface area contributed by atoms with E-state index >= 15 is 0 Å². The zero-order valence-corrected chi connectivity index (χ0v) is 9.13. The topological polar surface area (TPSA) is 45.8 Å². The molecule has 0 fully saturated rings. The largest absolute Gasteiger partial charge is 0.310 e. The first kappa shape index (κ1) is 9.64. The van der Waals surface area contributed by atoms with Crippen molar-refractivity contribution < 1.29 is 0 Å². The van der Waals surface area contributed by atoms with Crippen LogP contribution in [0.25, 0.3) is 10.9 Å². The number of aromatic amines is 1. The van der Waals surface area contributed by atoms with Crippen molar-refractivity contribution >= 4 is 24.2 Å². The van der Waals surface area contributed by atoms with Gasteiger partial charge in [-0.2, -0.15) is 0 Å². The summed E-state index contributed by atoms with van der Waals surface area (Å²) in [4.78, 5) is 18.9. The summed E-state index contributed by atoms with van der Waals surface area (Å²) in [6.07, 6.45) is 3.09. The summed E-state index contributed by atoms with van der Waals surface area (Å²) in [7, 11) is 5.96. The van der Waals surface area contributed by atoms with Crippen LogP contribution in [0.5, 0.6) is 0 Å². The van der Waals surface area contributed by atoms with Crippen molar-refractivity contribution in [1.82, 2.24) is 9.97 Å². The normalized spacial score (nSPS) is 14.3. The van der Waals surface area contributed by atoms with Gasteiger partial charge in [0, 0.05) is 0 Å². The molecule has 1 aromatic carbocycles. The molecule has 0 saturated heterocycles. The molecule has 0 bridgehead atoms. The number of aryl methyl sites for hydroxylation is 2. The monoisotopic (exact) mass is 210 g/mol. The minimum atomic E-state index is -0.0936. The summed E-state index contributed by atoms with van der Waals surface area (Å²) in [6.45, 7) is 1.80. The van der Waals surface area contributed by atoms with Crippen LogP contribution in [-0.4, -0.2) is 17.8 Å². The Bertz CT molecular complexity index is 645. The van der Waals surface area contributed by atoms with Crippen molar-refractivity contribution in [3.63, 3.8) is 0 Å². The summed E-state index contributed by atoms with van der Waals surface area (Å²) >= 11 is 0. The lowest BCUT2D eigenvalue weighted by Gasteiger charge is -2.08. The van der Waals surface area contributed by atoms with Gasteiger partial charge >= 0.3 is 0 Å². The summed E-state index contributed by atoms with van der Waals surface area (Å²) in [6, 6.07) is 1.75. The van der Waals surface area contributed by atoms with Gasteiger partial charge in [0.1, 0.15) is 13.7 Å². The standard InChI is InChI=1S/C12H11BN2O/c1-6-14-11-8-4-2-3-7(8)10(13)5-9(11)12(16)15-6/h5H,2-4H2,1H3,(H,14,15,16). The molecule has 78 valence electrons. The Kier molecular flexibility index (Phi) is 1.93. The fourth-order valence-electron chi connectivity index (χ4n) is 2.53. The zero-order valence-electron chi connectivity index (χ0n) is 9.13. The number of hydrogen-bond acceptors (Lipinski definition) is 2. The highest BCUT2D eigenvalue weighted by Gasteiger charge is 2.18. The van der Waals surface area contributed by atoms with Gasteiger partial charge in [-0.1, -0.05) is 11.5 Å². The molecule has 16 heavy (non-hydrogen) atoms. The van der Waals surface area contributed by atoms with Crippen molar-refractivity contribution in [2.24, 2.45) is 0 Å². The van der Waals surface area contributed by atoms with Gasteiger partial charge in [0.25, 0.3) is 5.56 Å². The molecular formula is C12H11BN2O. The van der Waals surface area contributed by atoms with E-state index < -0.39 is 0 Å². The Morgan fingerprint density at radius 1 is 1.38 bits per heavy atom. The van der Waals surface area contributed by atoms with E-state index in [-0.39, 0.29) is 5.56 Å². The lowest BCUT2D eigenvalue weighted by molar-refractivity contribution is 0.913. The third kappa shape index (κ3) is 1.22. The molecule has 0 amide bonds. The highest BCUT2D eigenvalue weighted by atomic mass is 16.1. The molecule has 1 N–H and O–H groups in total. The van der Waals surface area contributed by atoms with E-state index in [2.05, 4.69) is 9.97 Å². The number of aromatic nitrogens is 2. The molecule has 0 unspecified atom stereocenters. The second kappa shape index (κ2) is 3.21. The lowest BCUT2D eigenvalue weighted by atomic mass is 9.87. The predicted octanol–water partition coefficient (Wildman–Crippen LogP) is 0.514. The summed E-state index contributed by atoms with van der Waals surface area (Å²) in [5.41, 5.74) is 3.83. The maximum absolute atomic E-state index is 11.8. The molecular weight excluding hydrogens is 199 g/mol. The third-order valence-corrected chi connectivity index (χ3v) is 3.23. The Hall–Kier alpha value is -1.58. The molecule has 0 spiro atoms. The molecule has 3 nitrogen and oxygen atoms in total. The van der Waals surface area contributed by atoms with Crippen LogP contribution in [0.4, 0.5) is 0 Å². The Balaban J connectivity index is 2.53. The van der Waals surface area contributed by atoms with Crippen molar-refractivity contribution in [3.05, 3.63) is 33.4 Å². The Morgan fingerprint density at radius 2 is 2.12 bits per heavy atom. The first-order chi connectivity index (χ1) is 7.66. The molecule has 1 heterocycles. The molecule has 2 aromatic rings. The van der Waals surface area contributed by atoms with Crippen molar-refractivity contribution in [1.29, 1.82) is 0 Å². The number of fused-ring (bicyclic) bond motifs is 3. The van der Waals surface area contributed by atoms with Crippen molar-refractivity contribution in [2.45, 2.75) is 26.2 Å². The van der Waals surface area contributed by atoms with Crippen LogP contribution in [-0.2, 0) is 12.8 Å². The van der Waals surface area contributed by atoms with Gasteiger partial charge in [-0.3, -0.25) is 4.79 Å². The van der Waals surface area contributed by atoms with E-state index in [0.29, 0.717) is 11.2 Å². The molecule has 0 saturated carbocycles. The number of nitrogens with one attached hydrogen (secondary N) is 1. The maximum Gasteiger partial charge on any atom is 0.258 e. The number of H-pyrrole nitrogens is 1. The average molecular weight is 210 g/mol. The molecule has 3 rings (SSSR count). The summed E-state index contributed by atoms with van der Waals surface area (Å²) in [5.74, 6) is 0.663. The summed E-state index contributed by atoms with van der Waals surface area (Å²) < 4.78 is 0. The van der Waals surface area contributed by atoms with Gasteiger partial charge in [-0.25, -0.2) is 4.98 Å². The van der Waals surface area contributed by atoms with Crippen LogP contribution >= 0.6 is 0 Å². The highest BCUT2D eigenvalue weighted by molar-refractivity contribution is 6.34. The Labute approximate surface area is 94.3 Å². The molecule has 4 heteroatoms. The average Bonchev–Trinajstić information content (AvgIpc) is 2.69. The second-order valence-electron chi connectivity index (χ2n) is 4.32. The van der Waals surface area contributed by atoms with Crippen molar-refractivity contribution in [3.8, 4) is 0 Å². The second-order valence-corrected chi connectivity index (χ2v) is 4.32. The molecule has 0 atom stereocenters. The number of hydrogen-bond donors (Lipinski definition) is 1. The van der Waals surface area contributed by atoms with Crippen LogP contribution in [0.2, 0.25) is 0 Å². The fourth-order valence-corrected chi connectivity index (χ4v) is 2.53. The van der Waals surface area contributed by atoms with E-state index in [1.165, 1.54) is 11.1 Å². The zero-order chi connectivity index (χ0) is 11.3. The molecule has 1 aliphatic carbocycles. The van der Waals surface area contributed by atoms with Crippen LogP contribution in [0.15, 0.2) is 10.9 Å². The van der Waals surface area contributed by atoms with Gasteiger partial charge in [0.15, 0.2) is 0 Å². The van der Waals surface area contributed by atoms with Gasteiger partial charge < -0.3 is 4.98 Å². The highest BCUT2D eigenvalue weighted by Crippen LogP contribution is 2.25. The summed E-state index contributed by atoms with van der Waals surface area (Å²) in [5, 5.41) is 0.615. The van der Waals surface area contributed by atoms with E-state index in [0.717, 1.165) is 30.2 Å². The van der Waals surface area contributed by atoms with Gasteiger partial charge in [0.05, 0.1) is 10.9 Å². The van der Waals surface area contributed by atoms with Crippen LogP contribution in [0.1, 0.15) is 23.4 Å². The van der Waals surface area contributed by atoms with Gasteiger partial charge in [0.2, 0.25) is 0 Å². The minimum absolute atomic E-state index is 0.0936. The van der Waals surface area contributed by atoms with Crippen molar-refractivity contribution in [2.75, 3.05) is 0 Å².